The first-order valence-electron chi connectivity index (χ1n) is 11.8. The number of nitrogens with two attached hydrogens (primary N) is 1. The minimum Gasteiger partial charge on any atom is -0.394 e. The van der Waals surface area contributed by atoms with Crippen molar-refractivity contribution < 1.29 is 14.0 Å². The summed E-state index contributed by atoms with van der Waals surface area (Å²) in [5, 5.41) is 8.42. The van der Waals surface area contributed by atoms with Crippen LogP contribution in [0.1, 0.15) is 11.1 Å². The van der Waals surface area contributed by atoms with Gasteiger partial charge in [-0.3, -0.25) is 4.90 Å². The molecule has 3 N–H and O–H groups in total. The van der Waals surface area contributed by atoms with Gasteiger partial charge in [0.15, 0.2) is 0 Å². The Labute approximate surface area is 208 Å². The molecule has 0 atom stereocenters. The summed E-state index contributed by atoms with van der Waals surface area (Å²) >= 11 is 0. The van der Waals surface area contributed by atoms with Crippen molar-refractivity contribution in [3.8, 4) is 0 Å². The predicted molar refractivity (Wildman–Crippen MR) is 138 cm³/mol. The molecule has 1 saturated heterocycles. The molecule has 0 unspecified atom stereocenters. The molecule has 9 nitrogen and oxygen atoms in total. The van der Waals surface area contributed by atoms with E-state index in [-0.39, 0.29) is 5.82 Å². The summed E-state index contributed by atoms with van der Waals surface area (Å²) in [5.74, 6) is 0.596. The first kappa shape index (κ1) is 23.7. The topological polar surface area (TPSA) is 103 Å². The lowest BCUT2D eigenvalue weighted by Crippen LogP contribution is -2.38. The molecule has 0 bridgehead atoms. The van der Waals surface area contributed by atoms with Crippen LogP contribution in [-0.2, 0) is 16.1 Å². The summed E-state index contributed by atoms with van der Waals surface area (Å²) in [6, 6.07) is 14.7. The smallest absolute Gasteiger partial charge is 0.144 e. The van der Waals surface area contributed by atoms with Crippen LogP contribution in [0.15, 0.2) is 66.2 Å². The van der Waals surface area contributed by atoms with Gasteiger partial charge in [-0.15, -0.1) is 0 Å². The lowest BCUT2D eigenvalue weighted by molar-refractivity contribution is 0.0214. The van der Waals surface area contributed by atoms with E-state index in [0.717, 1.165) is 55.0 Å². The van der Waals surface area contributed by atoms with Gasteiger partial charge in [-0.05, 0) is 42.0 Å². The molecule has 5 rings (SSSR count). The highest BCUT2D eigenvalue weighted by Crippen LogP contribution is 2.25. The molecule has 2 aromatic heterocycles. The molecule has 3 heterocycles. The summed E-state index contributed by atoms with van der Waals surface area (Å²) in [5.41, 5.74) is 9.43. The molecule has 1 aliphatic rings. The Kier molecular flexibility index (Phi) is 7.34. The molecule has 0 radical (unpaired) electrons. The highest BCUT2D eigenvalue weighted by atomic mass is 19.1. The van der Waals surface area contributed by atoms with Crippen molar-refractivity contribution in [3.05, 3.63) is 78.0 Å². The SMILES string of the molecule is Nc1ncnc(Nc2ccc3c(ccn3Cc3cccc(F)c3)c2)c1C=NOCCN1CCOCC1. The largest absolute Gasteiger partial charge is 0.394 e. The van der Waals surface area contributed by atoms with Gasteiger partial charge < -0.3 is 25.2 Å². The number of nitrogen functional groups attached to an aromatic ring is 1. The van der Waals surface area contributed by atoms with E-state index in [2.05, 4.69) is 29.9 Å². The molecule has 0 amide bonds. The normalized spacial score (nSPS) is 14.5. The number of nitrogens with zero attached hydrogens (tertiary/aromatic N) is 5. The number of halogens is 1. The minimum atomic E-state index is -0.235. The van der Waals surface area contributed by atoms with Crippen LogP contribution in [0.25, 0.3) is 10.9 Å². The molecule has 1 fully saturated rings. The summed E-state index contributed by atoms with van der Waals surface area (Å²) in [7, 11) is 0. The number of aromatic nitrogens is 3. The van der Waals surface area contributed by atoms with E-state index in [9.17, 15) is 4.39 Å². The monoisotopic (exact) mass is 489 g/mol. The van der Waals surface area contributed by atoms with Crippen LogP contribution in [0.3, 0.4) is 0 Å². The second-order valence-electron chi connectivity index (χ2n) is 8.52. The molecule has 0 spiro atoms. The van der Waals surface area contributed by atoms with Gasteiger partial charge in [0.1, 0.15) is 30.4 Å². The van der Waals surface area contributed by atoms with Gasteiger partial charge in [0.05, 0.1) is 25.0 Å². The summed E-state index contributed by atoms with van der Waals surface area (Å²) in [6.07, 6.45) is 4.93. The third kappa shape index (κ3) is 5.78. The van der Waals surface area contributed by atoms with Crippen LogP contribution in [0.2, 0.25) is 0 Å². The maximum atomic E-state index is 13.6. The Hall–Kier alpha value is -4.02. The van der Waals surface area contributed by atoms with E-state index in [1.807, 2.05) is 36.5 Å². The molecule has 2 aromatic carbocycles. The Balaban J connectivity index is 1.26. The second kappa shape index (κ2) is 11.1. The molecular weight excluding hydrogens is 461 g/mol. The van der Waals surface area contributed by atoms with Crippen LogP contribution in [-0.4, -0.2) is 65.1 Å². The first-order chi connectivity index (χ1) is 17.7. The number of rotatable bonds is 9. The molecule has 36 heavy (non-hydrogen) atoms. The molecule has 0 saturated carbocycles. The van der Waals surface area contributed by atoms with Crippen molar-refractivity contribution in [1.29, 1.82) is 0 Å². The van der Waals surface area contributed by atoms with Gasteiger partial charge in [-0.1, -0.05) is 17.3 Å². The number of fused-ring (bicyclic) bond motifs is 1. The maximum absolute atomic E-state index is 13.6. The van der Waals surface area contributed by atoms with Gasteiger partial charge in [0, 0.05) is 49.0 Å². The van der Waals surface area contributed by atoms with E-state index >= 15 is 0 Å². The fourth-order valence-corrected chi connectivity index (χ4v) is 4.16. The Morgan fingerprint density at radius 3 is 2.89 bits per heavy atom. The predicted octanol–water partition coefficient (Wildman–Crippen LogP) is 3.63. The fraction of sp³-hybridized carbons (Fsp3) is 0.269. The first-order valence-corrected chi connectivity index (χ1v) is 11.8. The molecule has 0 aliphatic carbocycles. The number of hydrogen-bond donors (Lipinski definition) is 2. The van der Waals surface area contributed by atoms with Crippen molar-refractivity contribution in [1.82, 2.24) is 19.4 Å². The molecule has 10 heteroatoms. The average Bonchev–Trinajstić information content (AvgIpc) is 3.28. The van der Waals surface area contributed by atoms with Gasteiger partial charge in [-0.2, -0.15) is 0 Å². The maximum Gasteiger partial charge on any atom is 0.144 e. The third-order valence-electron chi connectivity index (χ3n) is 6.05. The van der Waals surface area contributed by atoms with Crippen LogP contribution < -0.4 is 11.1 Å². The summed E-state index contributed by atoms with van der Waals surface area (Å²) in [6.45, 7) is 5.14. The summed E-state index contributed by atoms with van der Waals surface area (Å²) in [4.78, 5) is 16.1. The quantitative estimate of drug-likeness (QED) is 0.210. The van der Waals surface area contributed by atoms with Crippen molar-refractivity contribution >= 4 is 34.4 Å². The molecule has 1 aliphatic heterocycles. The zero-order valence-corrected chi connectivity index (χ0v) is 19.8. The van der Waals surface area contributed by atoms with E-state index < -0.39 is 0 Å². The highest BCUT2D eigenvalue weighted by molar-refractivity contribution is 5.93. The highest BCUT2D eigenvalue weighted by Gasteiger charge is 2.11. The van der Waals surface area contributed by atoms with Crippen LogP contribution in [0, 0.1) is 5.82 Å². The zero-order valence-electron chi connectivity index (χ0n) is 19.8. The summed E-state index contributed by atoms with van der Waals surface area (Å²) < 4.78 is 21.0. The van der Waals surface area contributed by atoms with Crippen LogP contribution in [0.4, 0.5) is 21.7 Å². The lowest BCUT2D eigenvalue weighted by Gasteiger charge is -2.25. The average molecular weight is 490 g/mol. The van der Waals surface area contributed by atoms with Crippen molar-refractivity contribution in [2.24, 2.45) is 5.16 Å². The number of ether oxygens (including phenoxy) is 1. The third-order valence-corrected chi connectivity index (χ3v) is 6.05. The minimum absolute atomic E-state index is 0.235. The van der Waals surface area contributed by atoms with Crippen molar-refractivity contribution in [2.75, 3.05) is 50.5 Å². The van der Waals surface area contributed by atoms with Gasteiger partial charge in [-0.25, -0.2) is 14.4 Å². The fourth-order valence-electron chi connectivity index (χ4n) is 4.16. The van der Waals surface area contributed by atoms with Crippen LogP contribution >= 0.6 is 0 Å². The number of benzene rings is 2. The second-order valence-corrected chi connectivity index (χ2v) is 8.52. The number of nitrogens with one attached hydrogen (secondary N) is 1. The van der Waals surface area contributed by atoms with Crippen molar-refractivity contribution in [2.45, 2.75) is 6.54 Å². The van der Waals surface area contributed by atoms with E-state index in [1.165, 1.54) is 18.6 Å². The van der Waals surface area contributed by atoms with E-state index in [4.69, 9.17) is 15.3 Å². The van der Waals surface area contributed by atoms with Gasteiger partial charge >= 0.3 is 0 Å². The van der Waals surface area contributed by atoms with Crippen molar-refractivity contribution in [3.63, 3.8) is 0 Å². The standard InChI is InChI=1S/C26H28FN7O2/c27-21-3-1-2-19(14-21)17-34-7-6-20-15-22(4-5-24(20)34)32-26-23(25(28)29-18-30-26)16-31-36-13-10-33-8-11-35-12-9-33/h1-7,14-16,18H,8-13,17H2,(H3,28,29,30,32). The van der Waals surface area contributed by atoms with Crippen LogP contribution in [0.5, 0.6) is 0 Å². The molecule has 186 valence electrons. The number of hydrogen-bond acceptors (Lipinski definition) is 8. The Morgan fingerprint density at radius 2 is 2.03 bits per heavy atom. The number of anilines is 3. The molecular formula is C26H28FN7O2. The zero-order chi connectivity index (χ0) is 24.7. The Morgan fingerprint density at radius 1 is 1.14 bits per heavy atom. The Bertz CT molecular complexity index is 1350. The van der Waals surface area contributed by atoms with Gasteiger partial charge in [0.2, 0.25) is 0 Å². The molecule has 4 aromatic rings. The van der Waals surface area contributed by atoms with E-state index in [0.29, 0.717) is 30.4 Å². The van der Waals surface area contributed by atoms with Gasteiger partial charge in [0.25, 0.3) is 0 Å². The number of oxime groups is 1. The lowest BCUT2D eigenvalue weighted by atomic mass is 10.2. The van der Waals surface area contributed by atoms with E-state index in [1.54, 1.807) is 12.1 Å². The number of morpholine rings is 1.